The van der Waals surface area contributed by atoms with Gasteiger partial charge in [0.1, 0.15) is 0 Å². The van der Waals surface area contributed by atoms with E-state index in [-0.39, 0.29) is 11.3 Å². The number of non-ortho nitro benzene ring substituents is 1. The first kappa shape index (κ1) is 17.3. The van der Waals surface area contributed by atoms with E-state index < -0.39 is 10.9 Å². The molecule has 0 amide bonds. The van der Waals surface area contributed by atoms with Gasteiger partial charge in [0.15, 0.2) is 0 Å². The summed E-state index contributed by atoms with van der Waals surface area (Å²) in [5.41, 5.74) is 1.30. The number of hydrogen-bond acceptors (Lipinski definition) is 7. The molecule has 9 heteroatoms. The van der Waals surface area contributed by atoms with Crippen molar-refractivity contribution in [1.82, 2.24) is 9.55 Å². The number of hydrogen-bond donors (Lipinski definition) is 1. The van der Waals surface area contributed by atoms with E-state index >= 15 is 0 Å². The molecule has 1 aromatic carbocycles. The van der Waals surface area contributed by atoms with Gasteiger partial charge in [0, 0.05) is 39.0 Å². The minimum absolute atomic E-state index is 0.113. The average molecular weight is 333 g/mol. The van der Waals surface area contributed by atoms with Gasteiger partial charge in [-0.05, 0) is 6.07 Å². The van der Waals surface area contributed by atoms with E-state index in [1.807, 2.05) is 30.6 Å². The number of carbonyl (C=O) groups excluding carboxylic acids is 1. The van der Waals surface area contributed by atoms with E-state index in [4.69, 9.17) is 4.74 Å². The van der Waals surface area contributed by atoms with Crippen LogP contribution in [0.5, 0.6) is 0 Å². The molecule has 0 aliphatic carbocycles. The molecule has 2 aromatic rings. The van der Waals surface area contributed by atoms with Gasteiger partial charge in [-0.2, -0.15) is 0 Å². The Morgan fingerprint density at radius 3 is 2.71 bits per heavy atom. The van der Waals surface area contributed by atoms with Crippen molar-refractivity contribution in [3.63, 3.8) is 0 Å². The fraction of sp³-hybridized carbons (Fsp3) is 0.333. The highest BCUT2D eigenvalue weighted by atomic mass is 16.6. The van der Waals surface area contributed by atoms with Gasteiger partial charge in [0.25, 0.3) is 5.69 Å². The zero-order valence-electron chi connectivity index (χ0n) is 13.9. The smallest absolute Gasteiger partial charge is 0.340 e. The van der Waals surface area contributed by atoms with Crippen LogP contribution in [-0.2, 0) is 18.3 Å². The zero-order chi connectivity index (χ0) is 17.9. The number of nitrogens with zero attached hydrogens (tertiary/aromatic N) is 4. The summed E-state index contributed by atoms with van der Waals surface area (Å²) in [6.07, 6.45) is 1.73. The maximum absolute atomic E-state index is 11.9. The van der Waals surface area contributed by atoms with Crippen LogP contribution in [0.4, 0.5) is 17.3 Å². The standard InChI is InChI=1S/C15H19N5O4/c1-18(2)15-17-9-11(19(15)3)8-16-13-6-5-10(20(22)23)7-12(13)14(21)24-4/h5-7,9,16H,8H2,1-4H3. The first-order chi connectivity index (χ1) is 11.3. The molecule has 0 saturated heterocycles. The van der Waals surface area contributed by atoms with Crippen molar-refractivity contribution >= 4 is 23.3 Å². The number of methoxy groups -OCH3 is 1. The zero-order valence-corrected chi connectivity index (χ0v) is 13.9. The van der Waals surface area contributed by atoms with Gasteiger partial charge >= 0.3 is 5.97 Å². The van der Waals surface area contributed by atoms with Crippen molar-refractivity contribution in [2.24, 2.45) is 7.05 Å². The van der Waals surface area contributed by atoms with Crippen LogP contribution in [0.1, 0.15) is 16.1 Å². The molecule has 2 rings (SSSR count). The topological polar surface area (TPSA) is 103 Å². The second kappa shape index (κ2) is 6.99. The van der Waals surface area contributed by atoms with E-state index in [2.05, 4.69) is 10.3 Å². The fourth-order valence-corrected chi connectivity index (χ4v) is 2.28. The SMILES string of the molecule is COC(=O)c1cc([N+](=O)[O-])ccc1NCc1cnc(N(C)C)n1C. The average Bonchev–Trinajstić information content (AvgIpc) is 2.92. The Morgan fingerprint density at radius 2 is 2.17 bits per heavy atom. The second-order valence-corrected chi connectivity index (χ2v) is 5.34. The number of imidazole rings is 1. The summed E-state index contributed by atoms with van der Waals surface area (Å²) in [5, 5.41) is 14.0. The van der Waals surface area contributed by atoms with E-state index in [0.717, 1.165) is 11.6 Å². The Bertz CT molecular complexity index is 769. The molecular weight excluding hydrogens is 314 g/mol. The van der Waals surface area contributed by atoms with Crippen LogP contribution >= 0.6 is 0 Å². The Balaban J connectivity index is 2.26. The molecule has 0 bridgehead atoms. The first-order valence-corrected chi connectivity index (χ1v) is 7.13. The molecule has 0 aliphatic rings. The molecule has 0 spiro atoms. The molecule has 0 aliphatic heterocycles. The summed E-state index contributed by atoms with van der Waals surface area (Å²) in [6, 6.07) is 4.03. The molecule has 0 radical (unpaired) electrons. The lowest BCUT2D eigenvalue weighted by molar-refractivity contribution is -0.384. The predicted molar refractivity (Wildman–Crippen MR) is 89.3 cm³/mol. The number of anilines is 2. The van der Waals surface area contributed by atoms with Gasteiger partial charge in [0.2, 0.25) is 5.95 Å². The van der Waals surface area contributed by atoms with Crippen LogP contribution in [0.2, 0.25) is 0 Å². The molecule has 0 atom stereocenters. The third-order valence-electron chi connectivity index (χ3n) is 3.54. The van der Waals surface area contributed by atoms with Gasteiger partial charge in [-0.25, -0.2) is 9.78 Å². The highest BCUT2D eigenvalue weighted by Gasteiger charge is 2.17. The Hall–Kier alpha value is -3.10. The van der Waals surface area contributed by atoms with Gasteiger partial charge in [-0.15, -0.1) is 0 Å². The highest BCUT2D eigenvalue weighted by Crippen LogP contribution is 2.24. The predicted octanol–water partition coefficient (Wildman–Crippen LogP) is 1.79. The van der Waals surface area contributed by atoms with E-state index in [9.17, 15) is 14.9 Å². The summed E-state index contributed by atoms with van der Waals surface area (Å²) in [5.74, 6) is 0.156. The lowest BCUT2D eigenvalue weighted by Gasteiger charge is -2.14. The summed E-state index contributed by atoms with van der Waals surface area (Å²) in [6.45, 7) is 0.402. The monoisotopic (exact) mass is 333 g/mol. The maximum Gasteiger partial charge on any atom is 0.340 e. The molecule has 1 heterocycles. The number of nitro benzene ring substituents is 1. The third-order valence-corrected chi connectivity index (χ3v) is 3.54. The van der Waals surface area contributed by atoms with Gasteiger partial charge in [-0.1, -0.05) is 0 Å². The number of nitrogens with one attached hydrogen (secondary N) is 1. The molecule has 0 unspecified atom stereocenters. The Labute approximate surface area is 139 Å². The van der Waals surface area contributed by atoms with Crippen molar-refractivity contribution in [2.75, 3.05) is 31.4 Å². The molecule has 1 aromatic heterocycles. The summed E-state index contributed by atoms with van der Waals surface area (Å²) >= 11 is 0. The van der Waals surface area contributed by atoms with Crippen LogP contribution in [0.25, 0.3) is 0 Å². The minimum atomic E-state index is -0.639. The normalized spacial score (nSPS) is 10.3. The summed E-state index contributed by atoms with van der Waals surface area (Å²) < 4.78 is 6.61. The molecule has 128 valence electrons. The van der Waals surface area contributed by atoms with E-state index in [0.29, 0.717) is 12.2 Å². The Kier molecular flexibility index (Phi) is 5.02. The van der Waals surface area contributed by atoms with E-state index in [1.54, 1.807) is 6.20 Å². The lowest BCUT2D eigenvalue weighted by atomic mass is 10.1. The van der Waals surface area contributed by atoms with Crippen molar-refractivity contribution in [2.45, 2.75) is 6.54 Å². The number of benzene rings is 1. The largest absolute Gasteiger partial charge is 0.465 e. The molecule has 1 N–H and O–H groups in total. The number of ether oxygens (including phenoxy) is 1. The van der Waals surface area contributed by atoms with Crippen molar-refractivity contribution in [1.29, 1.82) is 0 Å². The molecule has 0 saturated carbocycles. The molecule has 0 fully saturated rings. The van der Waals surface area contributed by atoms with Crippen LogP contribution < -0.4 is 10.2 Å². The number of nitro groups is 1. The van der Waals surface area contributed by atoms with Gasteiger partial charge in [0.05, 0.1) is 36.0 Å². The van der Waals surface area contributed by atoms with Crippen LogP contribution in [0, 0.1) is 10.1 Å². The van der Waals surface area contributed by atoms with Crippen molar-refractivity contribution in [3.05, 3.63) is 45.8 Å². The fourth-order valence-electron chi connectivity index (χ4n) is 2.28. The van der Waals surface area contributed by atoms with Crippen LogP contribution in [0.15, 0.2) is 24.4 Å². The third kappa shape index (κ3) is 3.45. The molecule has 9 nitrogen and oxygen atoms in total. The number of carbonyl (C=O) groups is 1. The highest BCUT2D eigenvalue weighted by molar-refractivity contribution is 5.96. The molecular formula is C15H19N5O4. The summed E-state index contributed by atoms with van der Waals surface area (Å²) in [7, 11) is 6.91. The number of rotatable bonds is 6. The number of esters is 1. The Morgan fingerprint density at radius 1 is 1.46 bits per heavy atom. The quantitative estimate of drug-likeness (QED) is 0.488. The molecule has 24 heavy (non-hydrogen) atoms. The maximum atomic E-state index is 11.9. The van der Waals surface area contributed by atoms with Crippen LogP contribution in [-0.4, -0.2) is 41.6 Å². The first-order valence-electron chi connectivity index (χ1n) is 7.13. The second-order valence-electron chi connectivity index (χ2n) is 5.34. The van der Waals surface area contributed by atoms with Gasteiger partial charge in [-0.3, -0.25) is 10.1 Å². The van der Waals surface area contributed by atoms with E-state index in [1.165, 1.54) is 25.3 Å². The lowest BCUT2D eigenvalue weighted by Crippen LogP contribution is -2.15. The van der Waals surface area contributed by atoms with Crippen LogP contribution in [0.3, 0.4) is 0 Å². The van der Waals surface area contributed by atoms with Gasteiger partial charge < -0.3 is 19.5 Å². The van der Waals surface area contributed by atoms with Crippen molar-refractivity contribution in [3.8, 4) is 0 Å². The summed E-state index contributed by atoms with van der Waals surface area (Å²) in [4.78, 5) is 28.4. The number of aromatic nitrogens is 2. The van der Waals surface area contributed by atoms with Crippen molar-refractivity contribution < 1.29 is 14.5 Å². The minimum Gasteiger partial charge on any atom is -0.465 e.